The van der Waals surface area contributed by atoms with Crippen LogP contribution in [0.25, 0.3) is 0 Å². The zero-order valence-electron chi connectivity index (χ0n) is 8.80. The van der Waals surface area contributed by atoms with E-state index in [1.54, 1.807) is 0 Å². The molecule has 70 valence electrons. The Balaban J connectivity index is 2.71. The van der Waals surface area contributed by atoms with Gasteiger partial charge in [0.2, 0.25) is 0 Å². The van der Waals surface area contributed by atoms with Gasteiger partial charge in [-0.2, -0.15) is 0 Å². The summed E-state index contributed by atoms with van der Waals surface area (Å²) in [6.45, 7) is 10.2. The topological polar surface area (TPSA) is 12.4 Å². The van der Waals surface area contributed by atoms with E-state index in [1.807, 2.05) is 0 Å². The summed E-state index contributed by atoms with van der Waals surface area (Å²) in [6.07, 6.45) is 2.65. The Morgan fingerprint density at radius 1 is 1.25 bits per heavy atom. The lowest BCUT2D eigenvalue weighted by Gasteiger charge is -2.28. The first-order valence-corrected chi connectivity index (χ1v) is 5.17. The summed E-state index contributed by atoms with van der Waals surface area (Å²) in [5.74, 6) is 2.18. The van der Waals surface area contributed by atoms with Crippen molar-refractivity contribution < 1.29 is 0 Å². The first-order valence-electron chi connectivity index (χ1n) is 5.17. The van der Waals surface area contributed by atoms with E-state index in [9.17, 15) is 0 Å². The summed E-state index contributed by atoms with van der Waals surface area (Å²) >= 11 is 0. The zero-order chi connectivity index (χ0) is 9.14. The van der Waals surface area contributed by atoms with Crippen LogP contribution in [0.2, 0.25) is 0 Å². The molecule has 0 fully saturated rings. The lowest BCUT2D eigenvalue weighted by Crippen LogP contribution is -2.28. The average Bonchev–Trinajstić information content (AvgIpc) is 2.04. The van der Waals surface area contributed by atoms with Gasteiger partial charge in [0.1, 0.15) is 0 Å². The Morgan fingerprint density at radius 3 is 2.33 bits per heavy atom. The lowest BCUT2D eigenvalue weighted by molar-refractivity contribution is 0.423. The van der Waals surface area contributed by atoms with Crippen LogP contribution in [0.5, 0.6) is 0 Å². The summed E-state index contributed by atoms with van der Waals surface area (Å²) in [5.41, 5.74) is 1.47. The summed E-state index contributed by atoms with van der Waals surface area (Å²) in [4.78, 5) is 4.65. The van der Waals surface area contributed by atoms with Crippen LogP contribution in [-0.4, -0.2) is 12.3 Å². The van der Waals surface area contributed by atoms with Crippen LogP contribution in [-0.2, 0) is 0 Å². The SMILES string of the molecule is CC(C)C1=NCCCC1C(C)C. The van der Waals surface area contributed by atoms with Crippen molar-refractivity contribution >= 4 is 5.71 Å². The molecule has 1 aliphatic rings. The molecule has 12 heavy (non-hydrogen) atoms. The molecule has 1 nitrogen and oxygen atoms in total. The van der Waals surface area contributed by atoms with E-state index in [0.717, 1.165) is 18.4 Å². The van der Waals surface area contributed by atoms with Gasteiger partial charge in [0.15, 0.2) is 0 Å². The third-order valence-corrected chi connectivity index (χ3v) is 2.74. The van der Waals surface area contributed by atoms with Crippen molar-refractivity contribution in [3.63, 3.8) is 0 Å². The molecule has 0 aromatic carbocycles. The van der Waals surface area contributed by atoms with Gasteiger partial charge in [-0.15, -0.1) is 0 Å². The molecule has 1 heterocycles. The second kappa shape index (κ2) is 4.06. The normalized spacial score (nSPS) is 24.8. The molecule has 0 amide bonds. The maximum Gasteiger partial charge on any atom is 0.0389 e. The molecule has 0 aromatic heterocycles. The Hall–Kier alpha value is -0.330. The molecule has 0 saturated heterocycles. The number of nitrogens with zero attached hydrogens (tertiary/aromatic N) is 1. The van der Waals surface area contributed by atoms with E-state index >= 15 is 0 Å². The molecule has 0 N–H and O–H groups in total. The lowest BCUT2D eigenvalue weighted by atomic mass is 9.81. The highest BCUT2D eigenvalue weighted by Gasteiger charge is 2.23. The minimum Gasteiger partial charge on any atom is -0.294 e. The Labute approximate surface area is 76.3 Å². The van der Waals surface area contributed by atoms with Gasteiger partial charge >= 0.3 is 0 Å². The number of aliphatic imine (C=N–C) groups is 1. The van der Waals surface area contributed by atoms with Gasteiger partial charge in [-0.3, -0.25) is 4.99 Å². The van der Waals surface area contributed by atoms with Gasteiger partial charge in [0.05, 0.1) is 0 Å². The molecule has 0 aromatic rings. The number of rotatable bonds is 2. The fourth-order valence-electron chi connectivity index (χ4n) is 2.07. The van der Waals surface area contributed by atoms with Gasteiger partial charge in [0, 0.05) is 12.3 Å². The van der Waals surface area contributed by atoms with Gasteiger partial charge in [0.25, 0.3) is 0 Å². The zero-order valence-corrected chi connectivity index (χ0v) is 8.80. The smallest absolute Gasteiger partial charge is 0.0389 e. The maximum absolute atomic E-state index is 4.65. The third kappa shape index (κ3) is 2.09. The predicted octanol–water partition coefficient (Wildman–Crippen LogP) is 3.15. The van der Waals surface area contributed by atoms with E-state index in [2.05, 4.69) is 32.7 Å². The average molecular weight is 167 g/mol. The quantitative estimate of drug-likeness (QED) is 0.599. The molecule has 0 bridgehead atoms. The van der Waals surface area contributed by atoms with Crippen molar-refractivity contribution in [1.82, 2.24) is 0 Å². The van der Waals surface area contributed by atoms with Gasteiger partial charge in [-0.25, -0.2) is 0 Å². The van der Waals surface area contributed by atoms with E-state index in [-0.39, 0.29) is 0 Å². The predicted molar refractivity (Wildman–Crippen MR) is 54.7 cm³/mol. The van der Waals surface area contributed by atoms with Crippen LogP contribution < -0.4 is 0 Å². The first-order chi connectivity index (χ1) is 5.63. The largest absolute Gasteiger partial charge is 0.294 e. The van der Waals surface area contributed by atoms with Crippen molar-refractivity contribution in [3.05, 3.63) is 0 Å². The first kappa shape index (κ1) is 9.76. The van der Waals surface area contributed by atoms with Crippen LogP contribution in [0.15, 0.2) is 4.99 Å². The minimum atomic E-state index is 0.651. The van der Waals surface area contributed by atoms with Crippen LogP contribution in [0.1, 0.15) is 40.5 Å². The fourth-order valence-corrected chi connectivity index (χ4v) is 2.07. The molecular formula is C11H21N. The van der Waals surface area contributed by atoms with E-state index in [1.165, 1.54) is 18.6 Å². The van der Waals surface area contributed by atoms with E-state index in [0.29, 0.717) is 5.92 Å². The number of hydrogen-bond donors (Lipinski definition) is 0. The summed E-state index contributed by atoms with van der Waals surface area (Å²) in [5, 5.41) is 0. The molecular weight excluding hydrogens is 146 g/mol. The molecule has 0 spiro atoms. The molecule has 1 atom stereocenters. The summed E-state index contributed by atoms with van der Waals surface area (Å²) < 4.78 is 0. The fraction of sp³-hybridized carbons (Fsp3) is 0.909. The minimum absolute atomic E-state index is 0.651. The summed E-state index contributed by atoms with van der Waals surface area (Å²) in [7, 11) is 0. The molecule has 0 aliphatic carbocycles. The molecule has 0 saturated carbocycles. The highest BCUT2D eigenvalue weighted by molar-refractivity contribution is 5.89. The monoisotopic (exact) mass is 167 g/mol. The molecule has 1 aliphatic heterocycles. The highest BCUT2D eigenvalue weighted by atomic mass is 14.8. The van der Waals surface area contributed by atoms with Gasteiger partial charge in [-0.1, -0.05) is 27.7 Å². The van der Waals surface area contributed by atoms with Crippen LogP contribution in [0, 0.1) is 17.8 Å². The van der Waals surface area contributed by atoms with Crippen molar-refractivity contribution in [3.8, 4) is 0 Å². The van der Waals surface area contributed by atoms with Crippen molar-refractivity contribution in [2.24, 2.45) is 22.7 Å². The van der Waals surface area contributed by atoms with E-state index < -0.39 is 0 Å². The van der Waals surface area contributed by atoms with E-state index in [4.69, 9.17) is 0 Å². The van der Waals surface area contributed by atoms with Crippen molar-refractivity contribution in [2.45, 2.75) is 40.5 Å². The Morgan fingerprint density at radius 2 is 1.92 bits per heavy atom. The second-order valence-electron chi connectivity index (χ2n) is 4.45. The highest BCUT2D eigenvalue weighted by Crippen LogP contribution is 2.26. The Kier molecular flexibility index (Phi) is 3.30. The summed E-state index contributed by atoms with van der Waals surface area (Å²) in [6, 6.07) is 0. The van der Waals surface area contributed by atoms with Crippen LogP contribution in [0.3, 0.4) is 0 Å². The third-order valence-electron chi connectivity index (χ3n) is 2.74. The van der Waals surface area contributed by atoms with Crippen LogP contribution in [0.4, 0.5) is 0 Å². The molecule has 1 heteroatoms. The van der Waals surface area contributed by atoms with Crippen molar-refractivity contribution in [1.29, 1.82) is 0 Å². The Bertz CT molecular complexity index is 168. The second-order valence-corrected chi connectivity index (χ2v) is 4.45. The molecule has 1 rings (SSSR count). The molecule has 1 unspecified atom stereocenters. The van der Waals surface area contributed by atoms with Crippen LogP contribution >= 0.6 is 0 Å². The van der Waals surface area contributed by atoms with Gasteiger partial charge in [-0.05, 0) is 30.6 Å². The van der Waals surface area contributed by atoms with Crippen molar-refractivity contribution in [2.75, 3.05) is 6.54 Å². The number of hydrogen-bond acceptors (Lipinski definition) is 1. The van der Waals surface area contributed by atoms with Gasteiger partial charge < -0.3 is 0 Å². The molecule has 0 radical (unpaired) electrons. The standard InChI is InChI=1S/C11H21N/c1-8(2)10-6-5-7-12-11(10)9(3)4/h8-10H,5-7H2,1-4H3. The maximum atomic E-state index is 4.65.